The normalized spacial score (nSPS) is 25.0. The molecule has 2 unspecified atom stereocenters. The zero-order chi connectivity index (χ0) is 24.4. The summed E-state index contributed by atoms with van der Waals surface area (Å²) < 4.78 is 10.9. The number of carboxylic acid groups (broad SMARTS) is 1. The van der Waals surface area contributed by atoms with Gasteiger partial charge >= 0.3 is 12.1 Å². The maximum Gasteiger partial charge on any atom is 0.407 e. The Morgan fingerprint density at radius 1 is 0.914 bits per heavy atom. The molecule has 8 heteroatoms. The van der Waals surface area contributed by atoms with Gasteiger partial charge in [0, 0.05) is 18.4 Å². The summed E-state index contributed by atoms with van der Waals surface area (Å²) >= 11 is 0. The van der Waals surface area contributed by atoms with Crippen molar-refractivity contribution in [2.24, 2.45) is 11.8 Å². The molecule has 0 bridgehead atoms. The Kier molecular flexibility index (Phi) is 6.72. The Labute approximate surface area is 204 Å². The van der Waals surface area contributed by atoms with Crippen LogP contribution < -0.4 is 10.6 Å². The zero-order valence-electron chi connectivity index (χ0n) is 19.4. The molecule has 2 aromatic rings. The molecule has 1 saturated carbocycles. The van der Waals surface area contributed by atoms with E-state index in [9.17, 15) is 19.5 Å². The van der Waals surface area contributed by atoms with E-state index in [1.165, 1.54) is 11.1 Å². The molecule has 2 fully saturated rings. The Bertz CT molecular complexity index is 1070. The first-order valence-corrected chi connectivity index (χ1v) is 12.2. The van der Waals surface area contributed by atoms with E-state index >= 15 is 0 Å². The number of carboxylic acids is 1. The molecular weight excluding hydrogens is 448 g/mol. The molecule has 2 aliphatic carbocycles. The van der Waals surface area contributed by atoms with Gasteiger partial charge < -0.3 is 25.2 Å². The number of hydrogen-bond acceptors (Lipinski definition) is 5. The maximum absolute atomic E-state index is 12.7. The van der Waals surface area contributed by atoms with Gasteiger partial charge in [-0.15, -0.1) is 0 Å². The SMILES string of the molecule is O=C(C[C@@H]1CCC[C@H]1NC(=O)OCC1c2ccccc2-c2ccccc21)NC1COCC1C(=O)O. The van der Waals surface area contributed by atoms with Crippen LogP contribution in [0.15, 0.2) is 48.5 Å². The number of nitrogens with one attached hydrogen (secondary N) is 2. The van der Waals surface area contributed by atoms with Gasteiger partial charge in [0.15, 0.2) is 0 Å². The minimum absolute atomic E-state index is 0.00545. The monoisotopic (exact) mass is 478 g/mol. The zero-order valence-corrected chi connectivity index (χ0v) is 19.4. The van der Waals surface area contributed by atoms with E-state index in [-0.39, 0.29) is 50.0 Å². The van der Waals surface area contributed by atoms with Gasteiger partial charge in [-0.05, 0) is 41.0 Å². The maximum atomic E-state index is 12.7. The summed E-state index contributed by atoms with van der Waals surface area (Å²) in [5.74, 6) is -1.92. The van der Waals surface area contributed by atoms with E-state index in [0.717, 1.165) is 30.4 Å². The summed E-state index contributed by atoms with van der Waals surface area (Å²) in [5.41, 5.74) is 4.67. The van der Waals surface area contributed by atoms with E-state index in [2.05, 4.69) is 34.9 Å². The van der Waals surface area contributed by atoms with Crippen molar-refractivity contribution >= 4 is 18.0 Å². The van der Waals surface area contributed by atoms with Crippen LogP contribution in [0.25, 0.3) is 11.1 Å². The van der Waals surface area contributed by atoms with Crippen molar-refractivity contribution in [2.45, 2.75) is 43.7 Å². The number of benzene rings is 2. The Morgan fingerprint density at radius 2 is 1.60 bits per heavy atom. The summed E-state index contributed by atoms with van der Waals surface area (Å²) in [4.78, 5) is 36.6. The van der Waals surface area contributed by atoms with Crippen LogP contribution in [0.4, 0.5) is 4.79 Å². The van der Waals surface area contributed by atoms with Gasteiger partial charge in [-0.25, -0.2) is 4.79 Å². The van der Waals surface area contributed by atoms with Crippen LogP contribution in [-0.2, 0) is 19.1 Å². The Hall–Kier alpha value is -3.39. The van der Waals surface area contributed by atoms with Crippen molar-refractivity contribution < 1.29 is 29.0 Å². The first-order valence-electron chi connectivity index (χ1n) is 12.2. The van der Waals surface area contributed by atoms with Crippen LogP contribution in [0.2, 0.25) is 0 Å². The number of aliphatic carboxylic acids is 1. The van der Waals surface area contributed by atoms with Crippen molar-refractivity contribution in [3.8, 4) is 11.1 Å². The Morgan fingerprint density at radius 3 is 2.29 bits per heavy atom. The van der Waals surface area contributed by atoms with Crippen LogP contribution in [0, 0.1) is 11.8 Å². The van der Waals surface area contributed by atoms with E-state index in [1.54, 1.807) is 0 Å². The van der Waals surface area contributed by atoms with Crippen molar-refractivity contribution in [1.29, 1.82) is 0 Å². The highest BCUT2D eigenvalue weighted by Gasteiger charge is 2.37. The fourth-order valence-corrected chi connectivity index (χ4v) is 5.71. The molecule has 1 saturated heterocycles. The van der Waals surface area contributed by atoms with Gasteiger partial charge in [0.2, 0.25) is 5.91 Å². The lowest BCUT2D eigenvalue weighted by Gasteiger charge is -2.22. The van der Waals surface area contributed by atoms with E-state index < -0.39 is 24.0 Å². The third-order valence-electron chi connectivity index (χ3n) is 7.50. The van der Waals surface area contributed by atoms with Gasteiger partial charge in [0.1, 0.15) is 12.5 Å². The number of ether oxygens (including phenoxy) is 2. The van der Waals surface area contributed by atoms with E-state index in [0.29, 0.717) is 0 Å². The number of fused-ring (bicyclic) bond motifs is 3. The van der Waals surface area contributed by atoms with Crippen molar-refractivity contribution in [1.82, 2.24) is 10.6 Å². The van der Waals surface area contributed by atoms with Crippen LogP contribution >= 0.6 is 0 Å². The second kappa shape index (κ2) is 10.1. The van der Waals surface area contributed by atoms with Crippen LogP contribution in [0.3, 0.4) is 0 Å². The minimum Gasteiger partial charge on any atom is -0.481 e. The van der Waals surface area contributed by atoms with Crippen LogP contribution in [0.5, 0.6) is 0 Å². The average molecular weight is 479 g/mol. The molecule has 0 spiro atoms. The minimum atomic E-state index is -0.969. The highest BCUT2D eigenvalue weighted by atomic mass is 16.5. The molecule has 8 nitrogen and oxygen atoms in total. The molecule has 3 N–H and O–H groups in total. The molecular formula is C27H30N2O6. The first-order chi connectivity index (χ1) is 17.0. The van der Waals surface area contributed by atoms with Crippen molar-refractivity contribution in [3.63, 3.8) is 0 Å². The molecule has 184 valence electrons. The standard InChI is InChI=1S/C27H30N2O6/c30-25(28-24-15-34-13-22(24)26(31)32)12-16-6-5-11-23(16)29-27(33)35-14-21-19-9-3-1-7-17(19)18-8-2-4-10-20(18)21/h1-4,7-10,16,21-24H,5-6,11-15H2,(H,28,30)(H,29,33)(H,31,32)/t16-,22?,23+,24?/m0/s1. The lowest BCUT2D eigenvalue weighted by molar-refractivity contribution is -0.142. The molecule has 1 heterocycles. The second-order valence-corrected chi connectivity index (χ2v) is 9.63. The van der Waals surface area contributed by atoms with E-state index in [4.69, 9.17) is 9.47 Å². The second-order valence-electron chi connectivity index (χ2n) is 9.63. The van der Waals surface area contributed by atoms with Crippen molar-refractivity contribution in [2.75, 3.05) is 19.8 Å². The van der Waals surface area contributed by atoms with Gasteiger partial charge in [0.05, 0.1) is 19.3 Å². The van der Waals surface area contributed by atoms with Crippen LogP contribution in [0.1, 0.15) is 42.7 Å². The molecule has 4 atom stereocenters. The number of amides is 2. The molecule has 3 aliphatic rings. The highest BCUT2D eigenvalue weighted by molar-refractivity contribution is 5.80. The van der Waals surface area contributed by atoms with Crippen molar-refractivity contribution in [3.05, 3.63) is 59.7 Å². The summed E-state index contributed by atoms with van der Waals surface area (Å²) in [6.45, 7) is 0.556. The molecule has 35 heavy (non-hydrogen) atoms. The summed E-state index contributed by atoms with van der Waals surface area (Å²) in [5, 5.41) is 15.0. The quantitative estimate of drug-likeness (QED) is 0.563. The number of carbonyl (C=O) groups excluding carboxylic acids is 2. The fourth-order valence-electron chi connectivity index (χ4n) is 5.71. The fraction of sp³-hybridized carbons (Fsp3) is 0.444. The highest BCUT2D eigenvalue weighted by Crippen LogP contribution is 2.44. The lowest BCUT2D eigenvalue weighted by atomic mass is 9.98. The predicted octanol–water partition coefficient (Wildman–Crippen LogP) is 3.30. The Balaban J connectivity index is 1.15. The third kappa shape index (κ3) is 4.89. The molecule has 0 aromatic heterocycles. The van der Waals surface area contributed by atoms with Gasteiger partial charge in [-0.2, -0.15) is 0 Å². The lowest BCUT2D eigenvalue weighted by Crippen LogP contribution is -2.45. The average Bonchev–Trinajstić information content (AvgIpc) is 3.56. The van der Waals surface area contributed by atoms with Gasteiger partial charge in [-0.3, -0.25) is 9.59 Å². The number of carbonyl (C=O) groups is 3. The number of alkyl carbamates (subject to hydrolysis) is 1. The largest absolute Gasteiger partial charge is 0.481 e. The topological polar surface area (TPSA) is 114 Å². The molecule has 0 radical (unpaired) electrons. The van der Waals surface area contributed by atoms with Gasteiger partial charge in [0.25, 0.3) is 0 Å². The summed E-state index contributed by atoms with van der Waals surface area (Å²) in [6.07, 6.45) is 2.28. The van der Waals surface area contributed by atoms with E-state index in [1.807, 2.05) is 24.3 Å². The number of hydrogen-bond donors (Lipinski definition) is 3. The molecule has 1 aliphatic heterocycles. The molecule has 5 rings (SSSR count). The smallest absolute Gasteiger partial charge is 0.407 e. The summed E-state index contributed by atoms with van der Waals surface area (Å²) in [6, 6.07) is 15.7. The summed E-state index contributed by atoms with van der Waals surface area (Å²) in [7, 11) is 0. The first kappa shape index (κ1) is 23.4. The van der Waals surface area contributed by atoms with Crippen LogP contribution in [-0.4, -0.2) is 55.0 Å². The molecule has 2 aromatic carbocycles. The van der Waals surface area contributed by atoms with Gasteiger partial charge in [-0.1, -0.05) is 55.0 Å². The molecule has 2 amide bonds. The predicted molar refractivity (Wildman–Crippen MR) is 128 cm³/mol. The number of rotatable bonds is 7. The third-order valence-corrected chi connectivity index (χ3v) is 7.50.